The second kappa shape index (κ2) is 6.86. The molecule has 4 heteroatoms. The first-order valence-corrected chi connectivity index (χ1v) is 7.93. The van der Waals surface area contributed by atoms with Crippen LogP contribution in [0.2, 0.25) is 0 Å². The lowest BCUT2D eigenvalue weighted by Crippen LogP contribution is -2.25. The molecular formula is C16H23N3S. The fraction of sp³-hybridized carbons (Fsp3) is 0.438. The minimum atomic E-state index is 0.455. The van der Waals surface area contributed by atoms with Gasteiger partial charge in [0, 0.05) is 30.1 Å². The Morgan fingerprint density at radius 2 is 1.95 bits per heavy atom. The summed E-state index contributed by atoms with van der Waals surface area (Å²) in [5.41, 5.74) is 2.30. The topological polar surface area (TPSA) is 28.2 Å². The third-order valence-corrected chi connectivity index (χ3v) is 4.49. The lowest BCUT2D eigenvalue weighted by molar-refractivity contribution is 0.735. The molecule has 3 nitrogen and oxygen atoms in total. The van der Waals surface area contributed by atoms with Gasteiger partial charge in [0.2, 0.25) is 0 Å². The number of nitrogens with zero attached hydrogens (tertiary/aromatic N) is 2. The number of aromatic nitrogens is 1. The number of nitrogens with one attached hydrogen (secondary N) is 1. The molecule has 0 bridgehead atoms. The van der Waals surface area contributed by atoms with Gasteiger partial charge in [0.1, 0.15) is 0 Å². The number of hydrogen-bond acceptors (Lipinski definition) is 4. The molecule has 1 N–H and O–H groups in total. The average Bonchev–Trinajstić information content (AvgIpc) is 2.89. The van der Waals surface area contributed by atoms with Crippen molar-refractivity contribution in [1.29, 1.82) is 0 Å². The maximum absolute atomic E-state index is 4.86. The Morgan fingerprint density at radius 3 is 2.55 bits per heavy atom. The summed E-state index contributed by atoms with van der Waals surface area (Å²) in [4.78, 5) is 8.39. The van der Waals surface area contributed by atoms with Crippen LogP contribution in [0.3, 0.4) is 0 Å². The predicted molar refractivity (Wildman–Crippen MR) is 88.5 cm³/mol. The molecule has 0 aliphatic heterocycles. The summed E-state index contributed by atoms with van der Waals surface area (Å²) in [7, 11) is 2.11. The van der Waals surface area contributed by atoms with E-state index >= 15 is 0 Å². The van der Waals surface area contributed by atoms with Crippen molar-refractivity contribution < 1.29 is 0 Å². The number of rotatable bonds is 6. The maximum Gasteiger partial charge on any atom is 0.186 e. The van der Waals surface area contributed by atoms with Crippen molar-refractivity contribution in [3.05, 3.63) is 35.2 Å². The van der Waals surface area contributed by atoms with Crippen LogP contribution in [0.15, 0.2) is 30.3 Å². The van der Waals surface area contributed by atoms with Gasteiger partial charge in [-0.15, -0.1) is 0 Å². The standard InChI is InChI=1S/C16H23N3S/c1-5-17-11-14-15(13-9-7-6-8-10-13)18-16(20-14)19(4)12(2)3/h6-10,12,17H,5,11H2,1-4H3. The normalized spacial score (nSPS) is 11.1. The third kappa shape index (κ3) is 3.38. The summed E-state index contributed by atoms with van der Waals surface area (Å²) in [5, 5.41) is 4.50. The van der Waals surface area contributed by atoms with E-state index in [-0.39, 0.29) is 0 Å². The Morgan fingerprint density at radius 1 is 1.25 bits per heavy atom. The molecule has 0 fully saturated rings. The molecule has 1 aromatic carbocycles. The summed E-state index contributed by atoms with van der Waals surface area (Å²) >= 11 is 1.78. The van der Waals surface area contributed by atoms with E-state index in [0.717, 1.165) is 23.9 Å². The number of benzene rings is 1. The Balaban J connectivity index is 2.38. The molecule has 20 heavy (non-hydrogen) atoms. The summed E-state index contributed by atoms with van der Waals surface area (Å²) in [6.07, 6.45) is 0. The van der Waals surface area contributed by atoms with E-state index in [9.17, 15) is 0 Å². The van der Waals surface area contributed by atoms with E-state index in [1.54, 1.807) is 11.3 Å². The Kier molecular flexibility index (Phi) is 5.15. The molecule has 0 saturated heterocycles. The van der Waals surface area contributed by atoms with Gasteiger partial charge in [-0.25, -0.2) is 4.98 Å². The fourth-order valence-corrected chi connectivity index (χ4v) is 3.04. The van der Waals surface area contributed by atoms with Crippen LogP contribution in [0.5, 0.6) is 0 Å². The molecule has 0 amide bonds. The van der Waals surface area contributed by atoms with Crippen molar-refractivity contribution in [2.24, 2.45) is 0 Å². The van der Waals surface area contributed by atoms with Crippen LogP contribution in [0.1, 0.15) is 25.6 Å². The van der Waals surface area contributed by atoms with E-state index in [2.05, 4.69) is 62.3 Å². The highest BCUT2D eigenvalue weighted by Gasteiger charge is 2.16. The molecule has 2 rings (SSSR count). The Labute approximate surface area is 125 Å². The van der Waals surface area contributed by atoms with Crippen molar-refractivity contribution in [3.8, 4) is 11.3 Å². The van der Waals surface area contributed by atoms with Crippen molar-refractivity contribution in [1.82, 2.24) is 10.3 Å². The summed E-state index contributed by atoms with van der Waals surface area (Å²) in [5.74, 6) is 0. The molecule has 108 valence electrons. The molecule has 1 heterocycles. The van der Waals surface area contributed by atoms with E-state index in [1.165, 1.54) is 10.4 Å². The number of hydrogen-bond donors (Lipinski definition) is 1. The van der Waals surface area contributed by atoms with Crippen LogP contribution in [-0.2, 0) is 6.54 Å². The van der Waals surface area contributed by atoms with Crippen molar-refractivity contribution in [3.63, 3.8) is 0 Å². The quantitative estimate of drug-likeness (QED) is 0.877. The van der Waals surface area contributed by atoms with Crippen molar-refractivity contribution >= 4 is 16.5 Å². The SMILES string of the molecule is CCNCc1sc(N(C)C(C)C)nc1-c1ccccc1. The summed E-state index contributed by atoms with van der Waals surface area (Å²) < 4.78 is 0. The van der Waals surface area contributed by atoms with Crippen molar-refractivity contribution in [2.45, 2.75) is 33.4 Å². The second-order valence-corrected chi connectivity index (χ2v) is 6.18. The Bertz CT molecular complexity index is 534. The number of thiazole rings is 1. The van der Waals surface area contributed by atoms with Crippen LogP contribution in [-0.4, -0.2) is 24.6 Å². The van der Waals surface area contributed by atoms with Crippen molar-refractivity contribution in [2.75, 3.05) is 18.5 Å². The monoisotopic (exact) mass is 289 g/mol. The summed E-state index contributed by atoms with van der Waals surface area (Å²) in [6, 6.07) is 10.9. The van der Waals surface area contributed by atoms with Crippen LogP contribution in [0.4, 0.5) is 5.13 Å². The van der Waals surface area contributed by atoms with E-state index in [0.29, 0.717) is 6.04 Å². The van der Waals surface area contributed by atoms with Gasteiger partial charge in [0.05, 0.1) is 5.69 Å². The van der Waals surface area contributed by atoms with Crippen LogP contribution in [0, 0.1) is 0 Å². The molecular weight excluding hydrogens is 266 g/mol. The van der Waals surface area contributed by atoms with E-state index < -0.39 is 0 Å². The van der Waals surface area contributed by atoms with Gasteiger partial charge in [-0.05, 0) is 20.4 Å². The highest BCUT2D eigenvalue weighted by molar-refractivity contribution is 7.16. The minimum Gasteiger partial charge on any atom is -0.349 e. The van der Waals surface area contributed by atoms with E-state index in [1.807, 2.05) is 6.07 Å². The van der Waals surface area contributed by atoms with Gasteiger partial charge in [-0.3, -0.25) is 0 Å². The van der Waals surface area contributed by atoms with Crippen LogP contribution >= 0.6 is 11.3 Å². The fourth-order valence-electron chi connectivity index (χ4n) is 1.89. The van der Waals surface area contributed by atoms with Gasteiger partial charge in [0.25, 0.3) is 0 Å². The molecule has 0 spiro atoms. The molecule has 0 unspecified atom stereocenters. The zero-order valence-corrected chi connectivity index (χ0v) is 13.5. The zero-order chi connectivity index (χ0) is 14.5. The first-order valence-electron chi connectivity index (χ1n) is 7.12. The molecule has 0 saturated carbocycles. The number of anilines is 1. The first-order chi connectivity index (χ1) is 9.63. The minimum absolute atomic E-state index is 0.455. The average molecular weight is 289 g/mol. The third-order valence-electron chi connectivity index (χ3n) is 3.35. The summed E-state index contributed by atoms with van der Waals surface area (Å²) in [6.45, 7) is 8.36. The van der Waals surface area contributed by atoms with Gasteiger partial charge in [-0.1, -0.05) is 48.6 Å². The van der Waals surface area contributed by atoms with Gasteiger partial charge >= 0.3 is 0 Å². The van der Waals surface area contributed by atoms with E-state index in [4.69, 9.17) is 4.98 Å². The highest BCUT2D eigenvalue weighted by Crippen LogP contribution is 2.33. The largest absolute Gasteiger partial charge is 0.349 e. The molecule has 0 aliphatic carbocycles. The molecule has 0 atom stereocenters. The lowest BCUT2D eigenvalue weighted by Gasteiger charge is -2.19. The molecule has 0 radical (unpaired) electrons. The van der Waals surface area contributed by atoms with Crippen LogP contribution in [0.25, 0.3) is 11.3 Å². The smallest absolute Gasteiger partial charge is 0.186 e. The lowest BCUT2D eigenvalue weighted by atomic mass is 10.1. The predicted octanol–water partition coefficient (Wildman–Crippen LogP) is 3.76. The zero-order valence-electron chi connectivity index (χ0n) is 12.7. The first kappa shape index (κ1) is 15.0. The molecule has 0 aliphatic rings. The maximum atomic E-state index is 4.86. The second-order valence-electron chi connectivity index (χ2n) is 5.12. The highest BCUT2D eigenvalue weighted by atomic mass is 32.1. The van der Waals surface area contributed by atoms with Gasteiger partial charge in [0.15, 0.2) is 5.13 Å². The van der Waals surface area contributed by atoms with Gasteiger partial charge < -0.3 is 10.2 Å². The van der Waals surface area contributed by atoms with Crippen LogP contribution < -0.4 is 10.2 Å². The molecule has 2 aromatic rings. The molecule has 1 aromatic heterocycles. The Hall–Kier alpha value is -1.39. The van der Waals surface area contributed by atoms with Gasteiger partial charge in [-0.2, -0.15) is 0 Å².